The van der Waals surface area contributed by atoms with Crippen LogP contribution in [0.1, 0.15) is 27.9 Å². The maximum atomic E-state index is 13.8. The van der Waals surface area contributed by atoms with Crippen molar-refractivity contribution in [2.75, 3.05) is 5.73 Å². The fourth-order valence-corrected chi connectivity index (χ4v) is 4.20. The molecule has 31 heavy (non-hydrogen) atoms. The van der Waals surface area contributed by atoms with Gasteiger partial charge in [0.2, 0.25) is 5.95 Å². The average Bonchev–Trinajstić information content (AvgIpc) is 3.21. The number of aryl methyl sites for hydroxylation is 2. The summed E-state index contributed by atoms with van der Waals surface area (Å²) < 4.78 is 1.61. The summed E-state index contributed by atoms with van der Waals surface area (Å²) >= 11 is 4.84. The molecular formula is C22H19N7OS. The Morgan fingerprint density at radius 1 is 1.03 bits per heavy atom. The number of fused-ring (bicyclic) bond motifs is 2. The fourth-order valence-electron chi connectivity index (χ4n) is 3.84. The average molecular weight is 430 g/mol. The van der Waals surface area contributed by atoms with Gasteiger partial charge in [-0.3, -0.25) is 9.36 Å². The highest BCUT2D eigenvalue weighted by Crippen LogP contribution is 2.32. The number of benzene rings is 2. The molecule has 5 aromatic rings. The van der Waals surface area contributed by atoms with Crippen molar-refractivity contribution >= 4 is 40.6 Å². The van der Waals surface area contributed by atoms with Crippen molar-refractivity contribution in [1.29, 1.82) is 0 Å². The quantitative estimate of drug-likeness (QED) is 0.379. The fraction of sp³-hybridized carbons (Fsp3) is 0.136. The zero-order valence-corrected chi connectivity index (χ0v) is 17.8. The normalized spacial score (nSPS) is 12.5. The van der Waals surface area contributed by atoms with Crippen LogP contribution < -0.4 is 11.3 Å². The molecule has 2 aromatic carbocycles. The van der Waals surface area contributed by atoms with Gasteiger partial charge in [-0.1, -0.05) is 30.3 Å². The first-order valence-corrected chi connectivity index (χ1v) is 10.2. The second-order valence-corrected chi connectivity index (χ2v) is 7.85. The molecule has 9 heteroatoms. The summed E-state index contributed by atoms with van der Waals surface area (Å²) in [6.45, 7) is 3.86. The molecule has 5 rings (SSSR count). The molecule has 0 aliphatic rings. The molecular weight excluding hydrogens is 410 g/mol. The lowest BCUT2D eigenvalue weighted by Gasteiger charge is -2.20. The van der Waals surface area contributed by atoms with Gasteiger partial charge in [0.1, 0.15) is 16.6 Å². The standard InChI is InChI=1S/C22H19N7OS/c1-11-6-3-4-9-14(11)29-20(26-13-8-5-7-12(2)15(13)21(29)30)18(31)16-17-19(25-10-24-17)28-22(23)27-16/h3-10,18,31H,1-2H3,(H3,23,24,25,27,28). The van der Waals surface area contributed by atoms with Crippen LogP contribution in [0.5, 0.6) is 0 Å². The summed E-state index contributed by atoms with van der Waals surface area (Å²) in [6.07, 6.45) is 1.52. The predicted molar refractivity (Wildman–Crippen MR) is 124 cm³/mol. The van der Waals surface area contributed by atoms with E-state index in [1.54, 1.807) is 4.57 Å². The smallest absolute Gasteiger partial charge is 0.266 e. The molecule has 0 bridgehead atoms. The number of nitrogen functional groups attached to an aromatic ring is 1. The van der Waals surface area contributed by atoms with E-state index in [4.69, 9.17) is 23.3 Å². The Balaban J connectivity index is 1.88. The Labute approximate surface area is 182 Å². The van der Waals surface area contributed by atoms with Gasteiger partial charge in [-0.2, -0.15) is 17.6 Å². The number of aromatic nitrogens is 6. The molecule has 0 radical (unpaired) electrons. The maximum absolute atomic E-state index is 13.8. The highest BCUT2D eigenvalue weighted by atomic mass is 32.1. The Morgan fingerprint density at radius 2 is 1.81 bits per heavy atom. The SMILES string of the molecule is Cc1ccccc1-n1c(C(S)c2nc(N)nc3nc[nH]c23)nc2cccc(C)c2c1=O. The minimum atomic E-state index is -0.662. The molecule has 0 amide bonds. The van der Waals surface area contributed by atoms with Gasteiger partial charge in [0.25, 0.3) is 5.56 Å². The Bertz CT molecular complexity index is 1520. The second-order valence-electron chi connectivity index (χ2n) is 7.34. The van der Waals surface area contributed by atoms with Crippen molar-refractivity contribution in [1.82, 2.24) is 29.5 Å². The zero-order chi connectivity index (χ0) is 21.7. The largest absolute Gasteiger partial charge is 0.368 e. The van der Waals surface area contributed by atoms with Crippen LogP contribution in [0.4, 0.5) is 5.95 Å². The molecule has 3 aromatic heterocycles. The summed E-state index contributed by atoms with van der Waals surface area (Å²) in [6, 6.07) is 13.3. The van der Waals surface area contributed by atoms with Gasteiger partial charge in [-0.25, -0.2) is 15.0 Å². The summed E-state index contributed by atoms with van der Waals surface area (Å²) in [4.78, 5) is 34.4. The van der Waals surface area contributed by atoms with Gasteiger partial charge in [0, 0.05) is 0 Å². The number of anilines is 1. The van der Waals surface area contributed by atoms with Crippen molar-refractivity contribution in [3.8, 4) is 5.69 Å². The van der Waals surface area contributed by atoms with E-state index in [9.17, 15) is 4.79 Å². The third-order valence-corrected chi connectivity index (χ3v) is 5.80. The molecule has 0 aliphatic carbocycles. The third kappa shape index (κ3) is 3.05. The van der Waals surface area contributed by atoms with Crippen LogP contribution in [0, 0.1) is 13.8 Å². The Morgan fingerprint density at radius 3 is 2.61 bits per heavy atom. The Kier molecular flexibility index (Phi) is 4.48. The molecule has 1 atom stereocenters. The minimum Gasteiger partial charge on any atom is -0.368 e. The Hall–Kier alpha value is -3.72. The monoisotopic (exact) mass is 429 g/mol. The lowest BCUT2D eigenvalue weighted by molar-refractivity contribution is 0.826. The molecule has 154 valence electrons. The first-order valence-electron chi connectivity index (χ1n) is 9.68. The number of nitrogens with one attached hydrogen (secondary N) is 1. The van der Waals surface area contributed by atoms with Crippen molar-refractivity contribution in [3.05, 3.63) is 81.8 Å². The van der Waals surface area contributed by atoms with Crippen LogP contribution >= 0.6 is 12.6 Å². The topological polar surface area (TPSA) is 115 Å². The van der Waals surface area contributed by atoms with Gasteiger partial charge in [0.05, 0.1) is 28.6 Å². The lowest BCUT2D eigenvalue weighted by Crippen LogP contribution is -2.26. The van der Waals surface area contributed by atoms with E-state index >= 15 is 0 Å². The number of aromatic amines is 1. The number of rotatable bonds is 3. The molecule has 3 heterocycles. The number of H-pyrrole nitrogens is 1. The van der Waals surface area contributed by atoms with Crippen LogP contribution in [-0.2, 0) is 0 Å². The van der Waals surface area contributed by atoms with Crippen molar-refractivity contribution in [3.63, 3.8) is 0 Å². The molecule has 0 saturated heterocycles. The van der Waals surface area contributed by atoms with Gasteiger partial charge in [0.15, 0.2) is 5.65 Å². The van der Waals surface area contributed by atoms with Gasteiger partial charge in [-0.15, -0.1) is 0 Å². The van der Waals surface area contributed by atoms with E-state index in [2.05, 4.69) is 19.9 Å². The zero-order valence-electron chi connectivity index (χ0n) is 16.9. The van der Waals surface area contributed by atoms with Crippen LogP contribution in [0.25, 0.3) is 27.8 Å². The number of para-hydroxylation sites is 1. The number of nitrogens with zero attached hydrogens (tertiary/aromatic N) is 5. The summed E-state index contributed by atoms with van der Waals surface area (Å²) in [7, 11) is 0. The van der Waals surface area contributed by atoms with Crippen molar-refractivity contribution in [2.45, 2.75) is 19.1 Å². The maximum Gasteiger partial charge on any atom is 0.266 e. The van der Waals surface area contributed by atoms with Crippen LogP contribution in [0.2, 0.25) is 0 Å². The van der Waals surface area contributed by atoms with E-state index in [1.807, 2.05) is 56.3 Å². The van der Waals surface area contributed by atoms with E-state index in [0.29, 0.717) is 33.6 Å². The molecule has 3 N–H and O–H groups in total. The minimum absolute atomic E-state index is 0.0788. The first kappa shape index (κ1) is 19.3. The molecule has 0 aliphatic heterocycles. The summed E-state index contributed by atoms with van der Waals surface area (Å²) in [5.41, 5.74) is 10.4. The van der Waals surface area contributed by atoms with Crippen molar-refractivity contribution < 1.29 is 0 Å². The van der Waals surface area contributed by atoms with Gasteiger partial charge in [-0.05, 0) is 37.1 Å². The van der Waals surface area contributed by atoms with Crippen LogP contribution in [0.3, 0.4) is 0 Å². The highest BCUT2D eigenvalue weighted by molar-refractivity contribution is 7.80. The van der Waals surface area contributed by atoms with E-state index in [1.165, 1.54) is 6.33 Å². The molecule has 0 saturated carbocycles. The highest BCUT2D eigenvalue weighted by Gasteiger charge is 2.25. The summed E-state index contributed by atoms with van der Waals surface area (Å²) in [5, 5.41) is -0.0885. The molecule has 0 spiro atoms. The molecule has 0 fully saturated rings. The third-order valence-electron chi connectivity index (χ3n) is 5.32. The summed E-state index contributed by atoms with van der Waals surface area (Å²) in [5.74, 6) is 0.518. The van der Waals surface area contributed by atoms with Gasteiger partial charge >= 0.3 is 0 Å². The van der Waals surface area contributed by atoms with Crippen molar-refractivity contribution in [2.24, 2.45) is 0 Å². The number of hydrogen-bond acceptors (Lipinski definition) is 7. The van der Waals surface area contributed by atoms with Crippen LogP contribution in [0.15, 0.2) is 53.6 Å². The van der Waals surface area contributed by atoms with E-state index in [-0.39, 0.29) is 11.5 Å². The van der Waals surface area contributed by atoms with Gasteiger partial charge < -0.3 is 10.7 Å². The predicted octanol–water partition coefficient (Wildman–Crippen LogP) is 3.27. The van der Waals surface area contributed by atoms with E-state index < -0.39 is 5.25 Å². The number of nitrogens with two attached hydrogens (primary N) is 1. The van der Waals surface area contributed by atoms with E-state index in [0.717, 1.165) is 16.8 Å². The molecule has 1 unspecified atom stereocenters. The number of thiol groups is 1. The molecule has 8 nitrogen and oxygen atoms in total. The number of hydrogen-bond donors (Lipinski definition) is 3. The van der Waals surface area contributed by atoms with Crippen LogP contribution in [-0.4, -0.2) is 29.5 Å². The number of imidazole rings is 1. The first-order chi connectivity index (χ1) is 15.0. The lowest BCUT2D eigenvalue weighted by atomic mass is 10.1. The second kappa shape index (κ2) is 7.21.